The number of nitrogens with one attached hydrogen (secondary N) is 1. The maximum Gasteiger partial charge on any atom is 0.343 e. The Hall–Kier alpha value is -2.39. The number of nitriles is 1. The molecule has 0 aliphatic heterocycles. The fourth-order valence-corrected chi connectivity index (χ4v) is 2.59. The van der Waals surface area contributed by atoms with E-state index in [-0.39, 0.29) is 5.97 Å². The molecule has 0 saturated carbocycles. The molecule has 6 heteroatoms. The summed E-state index contributed by atoms with van der Waals surface area (Å²) >= 11 is 1.24. The number of carbonyl (C=O) groups excluding carboxylic acids is 1. The van der Waals surface area contributed by atoms with Crippen LogP contribution >= 0.6 is 11.5 Å². The van der Waals surface area contributed by atoms with Crippen LogP contribution in [-0.4, -0.2) is 16.9 Å². The molecule has 0 spiro atoms. The zero-order valence-electron chi connectivity index (χ0n) is 11.8. The Kier molecular flexibility index (Phi) is 4.90. The number of aryl methyl sites for hydroxylation is 1. The Morgan fingerprint density at radius 1 is 1.43 bits per heavy atom. The summed E-state index contributed by atoms with van der Waals surface area (Å²) in [7, 11) is 0. The monoisotopic (exact) mass is 301 g/mol. The highest BCUT2D eigenvalue weighted by molar-refractivity contribution is 7.10. The molecule has 0 radical (unpaired) electrons. The molecule has 1 aromatic heterocycles. The highest BCUT2D eigenvalue weighted by Crippen LogP contribution is 2.26. The van der Waals surface area contributed by atoms with Crippen LogP contribution in [0.3, 0.4) is 0 Å². The molecule has 0 atom stereocenters. The summed E-state index contributed by atoms with van der Waals surface area (Å²) in [5, 5.41) is 12.7. The first-order valence-electron chi connectivity index (χ1n) is 6.52. The quantitative estimate of drug-likeness (QED) is 0.859. The summed E-state index contributed by atoms with van der Waals surface area (Å²) in [6.07, 6.45) is 0. The van der Waals surface area contributed by atoms with Gasteiger partial charge in [0.05, 0.1) is 23.9 Å². The molecule has 2 aromatic rings. The van der Waals surface area contributed by atoms with Gasteiger partial charge in [-0.05, 0) is 43.1 Å². The summed E-state index contributed by atoms with van der Waals surface area (Å²) < 4.78 is 9.24. The highest BCUT2D eigenvalue weighted by atomic mass is 32.1. The summed E-state index contributed by atoms with van der Waals surface area (Å²) in [4.78, 5) is 11.9. The number of carbonyl (C=O) groups is 1. The predicted molar refractivity (Wildman–Crippen MR) is 81.3 cm³/mol. The molecular formula is C15H15N3O2S. The molecule has 0 unspecified atom stereocenters. The molecule has 108 valence electrons. The maximum absolute atomic E-state index is 11.9. The molecule has 1 N–H and O–H groups in total. The predicted octanol–water partition coefficient (Wildman–Crippen LogP) is 3.11. The van der Waals surface area contributed by atoms with Gasteiger partial charge in [0, 0.05) is 6.54 Å². The van der Waals surface area contributed by atoms with Crippen LogP contribution in [-0.2, 0) is 11.3 Å². The number of hydrogen-bond acceptors (Lipinski definition) is 6. The molecular weight excluding hydrogens is 286 g/mol. The molecule has 21 heavy (non-hydrogen) atoms. The summed E-state index contributed by atoms with van der Waals surface area (Å²) in [6, 6.07) is 9.37. The first kappa shape index (κ1) is 15.0. The van der Waals surface area contributed by atoms with Crippen LogP contribution < -0.4 is 5.32 Å². The third-order valence-corrected chi connectivity index (χ3v) is 3.77. The third-order valence-electron chi connectivity index (χ3n) is 2.88. The Labute approximate surface area is 127 Å². The van der Waals surface area contributed by atoms with Gasteiger partial charge in [-0.25, -0.2) is 4.79 Å². The van der Waals surface area contributed by atoms with Crippen molar-refractivity contribution >= 4 is 22.5 Å². The van der Waals surface area contributed by atoms with Gasteiger partial charge in [0.15, 0.2) is 0 Å². The van der Waals surface area contributed by atoms with Crippen LogP contribution in [0.4, 0.5) is 5.00 Å². The van der Waals surface area contributed by atoms with Crippen molar-refractivity contribution in [2.75, 3.05) is 11.9 Å². The molecule has 0 aliphatic rings. The van der Waals surface area contributed by atoms with Gasteiger partial charge >= 0.3 is 5.97 Å². The number of benzene rings is 1. The van der Waals surface area contributed by atoms with Gasteiger partial charge in [-0.2, -0.15) is 9.64 Å². The van der Waals surface area contributed by atoms with Gasteiger partial charge in [0.25, 0.3) is 0 Å². The Morgan fingerprint density at radius 2 is 2.14 bits per heavy atom. The van der Waals surface area contributed by atoms with Crippen LogP contribution in [0.1, 0.15) is 34.1 Å². The molecule has 0 bridgehead atoms. The number of aromatic nitrogens is 1. The van der Waals surface area contributed by atoms with E-state index in [0.29, 0.717) is 35.0 Å². The number of rotatable bonds is 5. The second kappa shape index (κ2) is 6.86. The van der Waals surface area contributed by atoms with Crippen molar-refractivity contribution in [1.82, 2.24) is 4.37 Å². The van der Waals surface area contributed by atoms with Crippen molar-refractivity contribution in [3.05, 3.63) is 46.6 Å². The summed E-state index contributed by atoms with van der Waals surface area (Å²) in [5.41, 5.74) is 2.81. The van der Waals surface area contributed by atoms with Crippen LogP contribution in [0.15, 0.2) is 24.3 Å². The highest BCUT2D eigenvalue weighted by Gasteiger charge is 2.19. The second-order valence-corrected chi connectivity index (χ2v) is 5.13. The van der Waals surface area contributed by atoms with Crippen molar-refractivity contribution in [3.63, 3.8) is 0 Å². The van der Waals surface area contributed by atoms with Crippen molar-refractivity contribution in [2.45, 2.75) is 20.4 Å². The van der Waals surface area contributed by atoms with Crippen LogP contribution in [0, 0.1) is 18.3 Å². The fourth-order valence-electron chi connectivity index (χ4n) is 1.81. The van der Waals surface area contributed by atoms with Crippen molar-refractivity contribution in [3.8, 4) is 6.07 Å². The van der Waals surface area contributed by atoms with Gasteiger partial charge in [0.2, 0.25) is 0 Å². The van der Waals surface area contributed by atoms with E-state index in [2.05, 4.69) is 15.8 Å². The van der Waals surface area contributed by atoms with Gasteiger partial charge in [0.1, 0.15) is 10.6 Å². The lowest BCUT2D eigenvalue weighted by Gasteiger charge is -2.07. The minimum Gasteiger partial charge on any atom is -0.462 e. The van der Waals surface area contributed by atoms with E-state index in [0.717, 1.165) is 5.56 Å². The van der Waals surface area contributed by atoms with Gasteiger partial charge in [-0.3, -0.25) is 0 Å². The molecule has 0 aliphatic carbocycles. The largest absolute Gasteiger partial charge is 0.462 e. The van der Waals surface area contributed by atoms with E-state index in [9.17, 15) is 4.79 Å². The van der Waals surface area contributed by atoms with Gasteiger partial charge in [-0.1, -0.05) is 12.1 Å². The lowest BCUT2D eigenvalue weighted by Crippen LogP contribution is -2.09. The number of nitrogens with zero attached hydrogens (tertiary/aromatic N) is 2. The van der Waals surface area contributed by atoms with Crippen molar-refractivity contribution < 1.29 is 9.53 Å². The van der Waals surface area contributed by atoms with Crippen LogP contribution in [0.25, 0.3) is 0 Å². The maximum atomic E-state index is 11.9. The smallest absolute Gasteiger partial charge is 0.343 e. The standard InChI is InChI=1S/C15H15N3O2S/c1-3-20-15(19)13-10(2)18-21-14(13)17-9-12-6-4-11(8-16)5-7-12/h4-7,17H,3,9H2,1-2H3. The van der Waals surface area contributed by atoms with Crippen molar-refractivity contribution in [2.24, 2.45) is 0 Å². The average Bonchev–Trinajstić information content (AvgIpc) is 2.87. The number of esters is 1. The SMILES string of the molecule is CCOC(=O)c1c(C)nsc1NCc1ccc(C#N)cc1. The van der Waals surface area contributed by atoms with E-state index in [1.807, 2.05) is 12.1 Å². The van der Waals surface area contributed by atoms with Crippen LogP contribution in [0.2, 0.25) is 0 Å². The fraction of sp³-hybridized carbons (Fsp3) is 0.267. The van der Waals surface area contributed by atoms with Crippen molar-refractivity contribution in [1.29, 1.82) is 5.26 Å². The molecule has 2 rings (SSSR count). The number of anilines is 1. The van der Waals surface area contributed by atoms with E-state index in [4.69, 9.17) is 10.00 Å². The third kappa shape index (κ3) is 3.58. The van der Waals surface area contributed by atoms with Gasteiger partial charge in [-0.15, -0.1) is 0 Å². The molecule has 0 saturated heterocycles. The minimum atomic E-state index is -0.355. The Balaban J connectivity index is 2.09. The molecule has 1 aromatic carbocycles. The zero-order valence-corrected chi connectivity index (χ0v) is 12.7. The first-order chi connectivity index (χ1) is 10.2. The summed E-state index contributed by atoms with van der Waals surface area (Å²) in [5.74, 6) is -0.355. The normalized spacial score (nSPS) is 9.95. The molecule has 1 heterocycles. The lowest BCUT2D eigenvalue weighted by molar-refractivity contribution is 0.0527. The zero-order chi connectivity index (χ0) is 15.2. The second-order valence-electron chi connectivity index (χ2n) is 4.35. The van der Waals surface area contributed by atoms with E-state index in [1.54, 1.807) is 26.0 Å². The molecule has 0 amide bonds. The Morgan fingerprint density at radius 3 is 2.76 bits per heavy atom. The molecule has 0 fully saturated rings. The summed E-state index contributed by atoms with van der Waals surface area (Å²) in [6.45, 7) is 4.45. The number of hydrogen-bond donors (Lipinski definition) is 1. The van der Waals surface area contributed by atoms with E-state index in [1.165, 1.54) is 11.5 Å². The average molecular weight is 301 g/mol. The molecule has 5 nitrogen and oxygen atoms in total. The Bertz CT molecular complexity index is 671. The van der Waals surface area contributed by atoms with Gasteiger partial charge < -0.3 is 10.1 Å². The van der Waals surface area contributed by atoms with E-state index < -0.39 is 0 Å². The topological polar surface area (TPSA) is 75.0 Å². The first-order valence-corrected chi connectivity index (χ1v) is 7.29. The minimum absolute atomic E-state index is 0.336. The number of ether oxygens (including phenoxy) is 1. The van der Waals surface area contributed by atoms with E-state index >= 15 is 0 Å². The lowest BCUT2D eigenvalue weighted by atomic mass is 10.1. The van der Waals surface area contributed by atoms with Crippen LogP contribution in [0.5, 0.6) is 0 Å².